The molecular weight excluding hydrogens is 434 g/mol. The third-order valence-electron chi connectivity index (χ3n) is 5.59. The molecule has 0 heterocycles. The number of sulfonamides is 1. The van der Waals surface area contributed by atoms with Crippen molar-refractivity contribution in [1.29, 1.82) is 0 Å². The molecule has 0 saturated carbocycles. The molecule has 0 aromatic heterocycles. The van der Waals surface area contributed by atoms with Gasteiger partial charge in [-0.1, -0.05) is 78.9 Å². The molecule has 32 heavy (non-hydrogen) atoms. The van der Waals surface area contributed by atoms with Crippen molar-refractivity contribution in [2.75, 3.05) is 11.0 Å². The maximum absolute atomic E-state index is 13.2. The first-order chi connectivity index (χ1) is 15.6. The van der Waals surface area contributed by atoms with Gasteiger partial charge in [0.05, 0.1) is 10.6 Å². The van der Waals surface area contributed by atoms with E-state index in [2.05, 4.69) is 41.1 Å². The number of benzene rings is 5. The summed E-state index contributed by atoms with van der Waals surface area (Å²) in [5, 5.41) is 4.28. The molecule has 3 nitrogen and oxygen atoms in total. The molecule has 0 aliphatic rings. The van der Waals surface area contributed by atoms with Gasteiger partial charge in [-0.15, -0.1) is 11.8 Å². The summed E-state index contributed by atoms with van der Waals surface area (Å²) in [6.45, 7) is 0. The van der Waals surface area contributed by atoms with Gasteiger partial charge >= 0.3 is 0 Å². The van der Waals surface area contributed by atoms with Gasteiger partial charge in [0.25, 0.3) is 10.0 Å². The van der Waals surface area contributed by atoms with Gasteiger partial charge in [-0.2, -0.15) is 0 Å². The summed E-state index contributed by atoms with van der Waals surface area (Å²) in [6.07, 6.45) is 2.05. The Kier molecular flexibility index (Phi) is 5.37. The highest BCUT2D eigenvalue weighted by molar-refractivity contribution is 7.98. The number of fused-ring (bicyclic) bond motifs is 2. The Morgan fingerprint density at radius 3 is 1.84 bits per heavy atom. The molecule has 158 valence electrons. The molecule has 0 amide bonds. The topological polar surface area (TPSA) is 46.2 Å². The number of hydrogen-bond donors (Lipinski definition) is 1. The van der Waals surface area contributed by atoms with E-state index in [-0.39, 0.29) is 4.90 Å². The Morgan fingerprint density at radius 2 is 1.19 bits per heavy atom. The average Bonchev–Trinajstić information content (AvgIpc) is 2.84. The van der Waals surface area contributed by atoms with Crippen LogP contribution in [-0.2, 0) is 10.0 Å². The van der Waals surface area contributed by atoms with E-state index in [1.807, 2.05) is 42.7 Å². The van der Waals surface area contributed by atoms with Gasteiger partial charge in [-0.25, -0.2) is 8.42 Å². The van der Waals surface area contributed by atoms with Crippen LogP contribution < -0.4 is 4.72 Å². The van der Waals surface area contributed by atoms with Crippen LogP contribution in [0, 0.1) is 0 Å². The lowest BCUT2D eigenvalue weighted by Crippen LogP contribution is -2.13. The summed E-state index contributed by atoms with van der Waals surface area (Å²) in [4.78, 5) is 1.34. The fourth-order valence-electron chi connectivity index (χ4n) is 4.11. The molecule has 0 unspecified atom stereocenters. The number of hydrogen-bond acceptors (Lipinski definition) is 3. The minimum absolute atomic E-state index is 0.238. The van der Waals surface area contributed by atoms with Crippen LogP contribution in [0.5, 0.6) is 0 Å². The van der Waals surface area contributed by atoms with E-state index in [4.69, 9.17) is 0 Å². The number of anilines is 1. The first kappa shape index (κ1) is 20.6. The van der Waals surface area contributed by atoms with Crippen molar-refractivity contribution in [3.63, 3.8) is 0 Å². The van der Waals surface area contributed by atoms with Crippen molar-refractivity contribution in [3.05, 3.63) is 103 Å². The summed E-state index contributed by atoms with van der Waals surface area (Å²) in [5.74, 6) is 0. The maximum atomic E-state index is 13.2. The Balaban J connectivity index is 1.83. The second kappa shape index (κ2) is 8.34. The minimum Gasteiger partial charge on any atom is -0.279 e. The Bertz CT molecular complexity index is 1540. The van der Waals surface area contributed by atoms with Gasteiger partial charge in [-0.05, 0) is 52.1 Å². The second-order valence-electron chi connectivity index (χ2n) is 7.49. The Hall–Kier alpha value is -3.28. The lowest BCUT2D eigenvalue weighted by molar-refractivity contribution is 0.601. The van der Waals surface area contributed by atoms with Crippen LogP contribution in [0.4, 0.5) is 5.69 Å². The second-order valence-corrected chi connectivity index (χ2v) is 10.0. The molecule has 0 spiro atoms. The van der Waals surface area contributed by atoms with E-state index in [9.17, 15) is 8.42 Å². The molecule has 0 bridgehead atoms. The third kappa shape index (κ3) is 3.64. The lowest BCUT2D eigenvalue weighted by atomic mass is 9.92. The summed E-state index contributed by atoms with van der Waals surface area (Å²) < 4.78 is 29.3. The molecule has 0 aliphatic heterocycles. The Labute approximate surface area is 192 Å². The quantitative estimate of drug-likeness (QED) is 0.285. The lowest BCUT2D eigenvalue weighted by Gasteiger charge is -2.19. The fourth-order valence-corrected chi connectivity index (χ4v) is 5.82. The summed E-state index contributed by atoms with van der Waals surface area (Å²) in [6, 6.07) is 32.9. The molecule has 5 rings (SSSR count). The van der Waals surface area contributed by atoms with Crippen molar-refractivity contribution in [2.24, 2.45) is 0 Å². The van der Waals surface area contributed by atoms with Crippen molar-refractivity contribution in [1.82, 2.24) is 0 Å². The van der Waals surface area contributed by atoms with Crippen molar-refractivity contribution >= 4 is 49.0 Å². The van der Waals surface area contributed by atoms with Crippen LogP contribution in [0.25, 0.3) is 32.7 Å². The largest absolute Gasteiger partial charge is 0.279 e. The molecule has 5 aromatic carbocycles. The van der Waals surface area contributed by atoms with Gasteiger partial charge in [0.1, 0.15) is 0 Å². The van der Waals surface area contributed by atoms with E-state index in [1.165, 1.54) is 0 Å². The van der Waals surface area contributed by atoms with Crippen LogP contribution in [-0.4, -0.2) is 14.7 Å². The zero-order valence-electron chi connectivity index (χ0n) is 17.4. The van der Waals surface area contributed by atoms with Gasteiger partial charge in [-0.3, -0.25) is 4.72 Å². The van der Waals surface area contributed by atoms with E-state index in [1.54, 1.807) is 42.1 Å². The predicted molar refractivity (Wildman–Crippen MR) is 136 cm³/mol. The van der Waals surface area contributed by atoms with Crippen molar-refractivity contribution in [2.45, 2.75) is 9.79 Å². The SMILES string of the molecule is CSc1ccc2ccccc2c1-c1c(NS(=O)(=O)c2ccccc2)ccc2ccccc12. The van der Waals surface area contributed by atoms with Gasteiger partial charge < -0.3 is 0 Å². The van der Waals surface area contributed by atoms with Crippen molar-refractivity contribution in [3.8, 4) is 11.1 Å². The molecule has 5 aromatic rings. The zero-order chi connectivity index (χ0) is 22.1. The Morgan fingerprint density at radius 1 is 0.625 bits per heavy atom. The van der Waals surface area contributed by atoms with E-state index in [0.29, 0.717) is 5.69 Å². The summed E-state index contributed by atoms with van der Waals surface area (Å²) in [7, 11) is -3.74. The zero-order valence-corrected chi connectivity index (χ0v) is 19.1. The number of nitrogens with one attached hydrogen (secondary N) is 1. The highest BCUT2D eigenvalue weighted by atomic mass is 32.2. The molecule has 0 atom stereocenters. The van der Waals surface area contributed by atoms with Crippen LogP contribution >= 0.6 is 11.8 Å². The molecule has 0 saturated heterocycles. The summed E-state index contributed by atoms with van der Waals surface area (Å²) in [5.41, 5.74) is 2.50. The monoisotopic (exact) mass is 455 g/mol. The van der Waals surface area contributed by atoms with E-state index >= 15 is 0 Å². The molecule has 0 radical (unpaired) electrons. The maximum Gasteiger partial charge on any atom is 0.261 e. The van der Waals surface area contributed by atoms with Crippen LogP contribution in [0.3, 0.4) is 0 Å². The van der Waals surface area contributed by atoms with E-state index in [0.717, 1.165) is 37.6 Å². The predicted octanol–water partition coefficient (Wildman–Crippen LogP) is 7.18. The highest BCUT2D eigenvalue weighted by Crippen LogP contribution is 2.44. The van der Waals surface area contributed by atoms with Crippen LogP contribution in [0.15, 0.2) is 113 Å². The summed E-state index contributed by atoms with van der Waals surface area (Å²) >= 11 is 1.66. The van der Waals surface area contributed by atoms with Crippen LogP contribution in [0.1, 0.15) is 0 Å². The molecule has 0 fully saturated rings. The van der Waals surface area contributed by atoms with Gasteiger partial charge in [0, 0.05) is 16.0 Å². The van der Waals surface area contributed by atoms with Crippen molar-refractivity contribution < 1.29 is 8.42 Å². The normalized spacial score (nSPS) is 11.7. The smallest absolute Gasteiger partial charge is 0.261 e. The molecule has 1 N–H and O–H groups in total. The van der Waals surface area contributed by atoms with Crippen LogP contribution in [0.2, 0.25) is 0 Å². The fraction of sp³-hybridized carbons (Fsp3) is 0.0370. The standard InChI is InChI=1S/C27H21NO2S2/c1-31-25-18-16-20-10-6-8-14-23(20)27(25)26-22-13-7-5-9-19(22)15-17-24(26)28-32(29,30)21-11-3-2-4-12-21/h2-18,28H,1H3. The molecule has 5 heteroatoms. The first-order valence-electron chi connectivity index (χ1n) is 10.2. The third-order valence-corrected chi connectivity index (χ3v) is 7.75. The van der Waals surface area contributed by atoms with Gasteiger partial charge in [0.2, 0.25) is 0 Å². The number of thioether (sulfide) groups is 1. The minimum atomic E-state index is -3.74. The number of rotatable bonds is 5. The molecule has 0 aliphatic carbocycles. The highest BCUT2D eigenvalue weighted by Gasteiger charge is 2.21. The van der Waals surface area contributed by atoms with Gasteiger partial charge in [0.15, 0.2) is 0 Å². The average molecular weight is 456 g/mol. The molecular formula is C27H21NO2S2. The first-order valence-corrected chi connectivity index (χ1v) is 12.9. The van der Waals surface area contributed by atoms with E-state index < -0.39 is 10.0 Å².